The van der Waals surface area contributed by atoms with E-state index in [0.29, 0.717) is 28.7 Å². The van der Waals surface area contributed by atoms with Gasteiger partial charge in [-0.1, -0.05) is 43.1 Å². The number of hydrogen-bond donors (Lipinski definition) is 2. The Bertz CT molecular complexity index is 1100. The van der Waals surface area contributed by atoms with Crippen LogP contribution in [0.2, 0.25) is 5.02 Å². The van der Waals surface area contributed by atoms with Gasteiger partial charge in [-0.15, -0.1) is 0 Å². The van der Waals surface area contributed by atoms with Crippen LogP contribution in [0.1, 0.15) is 86.8 Å². The van der Waals surface area contributed by atoms with Crippen molar-refractivity contribution in [2.45, 2.75) is 82.7 Å². The Labute approximate surface area is 227 Å². The average molecular weight is 524 g/mol. The number of hydrogen-bond acceptors (Lipinski definition) is 4. The van der Waals surface area contributed by atoms with Gasteiger partial charge in [-0.05, 0) is 128 Å². The summed E-state index contributed by atoms with van der Waals surface area (Å²) in [5.74, 6) is 2.87. The number of phenols is 1. The van der Waals surface area contributed by atoms with E-state index in [-0.39, 0.29) is 17.3 Å². The van der Waals surface area contributed by atoms with Gasteiger partial charge in [0.15, 0.2) is 0 Å². The van der Waals surface area contributed by atoms with E-state index in [1.54, 1.807) is 6.07 Å². The van der Waals surface area contributed by atoms with Gasteiger partial charge >= 0.3 is 0 Å². The number of piperidine rings is 1. The van der Waals surface area contributed by atoms with Crippen molar-refractivity contribution in [3.05, 3.63) is 58.1 Å². The second-order valence-electron chi connectivity index (χ2n) is 12.4. The third kappa shape index (κ3) is 4.68. The van der Waals surface area contributed by atoms with Crippen LogP contribution in [0, 0.1) is 17.3 Å². The molecule has 0 amide bonds. The van der Waals surface area contributed by atoms with Gasteiger partial charge in [0.1, 0.15) is 11.5 Å². The lowest BCUT2D eigenvalue weighted by Gasteiger charge is -2.54. The number of aliphatic hydroxyl groups excluding tert-OH is 1. The van der Waals surface area contributed by atoms with E-state index >= 15 is 0 Å². The van der Waals surface area contributed by atoms with Crippen LogP contribution in [0.3, 0.4) is 0 Å². The molecule has 200 valence electrons. The molecule has 0 aromatic heterocycles. The molecule has 0 radical (unpaired) electrons. The van der Waals surface area contributed by atoms with Crippen molar-refractivity contribution < 1.29 is 14.9 Å². The number of phenolic OH excluding ortho intramolecular Hbond substituents is 1. The van der Waals surface area contributed by atoms with Gasteiger partial charge < -0.3 is 19.8 Å². The maximum atomic E-state index is 11.1. The Morgan fingerprint density at radius 3 is 2.59 bits per heavy atom. The van der Waals surface area contributed by atoms with Crippen molar-refractivity contribution in [1.82, 2.24) is 4.90 Å². The summed E-state index contributed by atoms with van der Waals surface area (Å²) in [6, 6.07) is 12.7. The van der Waals surface area contributed by atoms with Crippen molar-refractivity contribution >= 4 is 11.6 Å². The van der Waals surface area contributed by atoms with Gasteiger partial charge in [-0.3, -0.25) is 0 Å². The van der Waals surface area contributed by atoms with Gasteiger partial charge in [0, 0.05) is 6.54 Å². The van der Waals surface area contributed by atoms with E-state index in [9.17, 15) is 10.2 Å². The molecule has 6 rings (SSSR count). The van der Waals surface area contributed by atoms with Crippen molar-refractivity contribution in [3.63, 3.8) is 0 Å². The first-order valence-corrected chi connectivity index (χ1v) is 15.0. The second kappa shape index (κ2) is 10.4. The number of halogens is 1. The predicted molar refractivity (Wildman–Crippen MR) is 149 cm³/mol. The molecule has 0 unspecified atom stereocenters. The molecule has 37 heavy (non-hydrogen) atoms. The Balaban J connectivity index is 1.22. The predicted octanol–water partition coefficient (Wildman–Crippen LogP) is 6.91. The molecule has 2 aromatic carbocycles. The molecule has 0 bridgehead atoms. The normalized spacial score (nSPS) is 33.4. The lowest BCUT2D eigenvalue weighted by molar-refractivity contribution is -0.0322. The van der Waals surface area contributed by atoms with Crippen LogP contribution in [0.4, 0.5) is 0 Å². The van der Waals surface area contributed by atoms with Gasteiger partial charge in [0.05, 0.1) is 17.7 Å². The number of fused-ring (bicyclic) bond motifs is 5. The summed E-state index contributed by atoms with van der Waals surface area (Å²) in [4.78, 5) is 2.56. The summed E-state index contributed by atoms with van der Waals surface area (Å²) in [6.45, 7) is 6.69. The van der Waals surface area contributed by atoms with E-state index < -0.39 is 0 Å². The highest BCUT2D eigenvalue weighted by Crippen LogP contribution is 2.65. The van der Waals surface area contributed by atoms with Crippen molar-refractivity contribution in [1.29, 1.82) is 0 Å². The van der Waals surface area contributed by atoms with Gasteiger partial charge in [0.25, 0.3) is 0 Å². The second-order valence-corrected chi connectivity index (χ2v) is 12.8. The summed E-state index contributed by atoms with van der Waals surface area (Å²) in [5.41, 5.74) is 3.72. The monoisotopic (exact) mass is 523 g/mol. The zero-order valence-electron chi connectivity index (χ0n) is 22.2. The maximum absolute atomic E-state index is 11.1. The first kappa shape index (κ1) is 25.5. The number of nitrogens with zero attached hydrogens (tertiary/aromatic N) is 1. The van der Waals surface area contributed by atoms with Gasteiger partial charge in [-0.25, -0.2) is 0 Å². The van der Waals surface area contributed by atoms with E-state index in [2.05, 4.69) is 42.2 Å². The molecular weight excluding hydrogens is 482 g/mol. The van der Waals surface area contributed by atoms with Crippen LogP contribution in [-0.2, 0) is 6.42 Å². The quantitative estimate of drug-likeness (QED) is 0.404. The minimum absolute atomic E-state index is 0.0479. The molecule has 1 heterocycles. The summed E-state index contributed by atoms with van der Waals surface area (Å²) in [5, 5.41) is 21.9. The minimum Gasteiger partial charge on any atom is -0.506 e. The summed E-state index contributed by atoms with van der Waals surface area (Å²) >= 11 is 6.62. The van der Waals surface area contributed by atoms with Crippen LogP contribution in [0.15, 0.2) is 36.4 Å². The summed E-state index contributed by atoms with van der Waals surface area (Å²) in [6.07, 6.45) is 9.85. The number of aromatic hydroxyl groups is 1. The lowest BCUT2D eigenvalue weighted by Crippen LogP contribution is -2.47. The molecule has 2 N–H and O–H groups in total. The number of benzene rings is 2. The molecule has 3 aliphatic carbocycles. The third-order valence-corrected chi connectivity index (χ3v) is 10.8. The number of ether oxygens (including phenoxy) is 1. The topological polar surface area (TPSA) is 52.9 Å². The Hall–Kier alpha value is -1.75. The van der Waals surface area contributed by atoms with E-state index in [1.807, 2.05) is 0 Å². The molecule has 0 spiro atoms. The first-order chi connectivity index (χ1) is 18.0. The molecule has 4 aliphatic rings. The van der Waals surface area contributed by atoms with Crippen molar-refractivity contribution in [3.8, 4) is 11.5 Å². The van der Waals surface area contributed by atoms with Gasteiger partial charge in [0.2, 0.25) is 0 Å². The van der Waals surface area contributed by atoms with Crippen LogP contribution in [0.25, 0.3) is 0 Å². The minimum atomic E-state index is -0.228. The maximum Gasteiger partial charge on any atom is 0.134 e. The standard InChI is InChI=1S/C32H42ClNO3/c1-32-20-26(21-6-8-22(9-7-21)37-19-5-18-34-16-3-2-4-17-34)30-23-12-14-28(35)31(33)24(23)10-11-25(30)27(32)13-15-29(32)36/h6-9,12,14,25-27,29-30,35-36H,2-5,10-11,13,15-20H2,1H3/t25-,26+,27-,29-,30+,32-/m0/s1. The van der Waals surface area contributed by atoms with Gasteiger partial charge in [-0.2, -0.15) is 0 Å². The molecule has 1 saturated heterocycles. The fourth-order valence-electron chi connectivity index (χ4n) is 8.51. The Morgan fingerprint density at radius 1 is 1.03 bits per heavy atom. The molecule has 5 heteroatoms. The zero-order chi connectivity index (χ0) is 25.6. The molecule has 2 aromatic rings. The first-order valence-electron chi connectivity index (χ1n) is 14.6. The summed E-state index contributed by atoms with van der Waals surface area (Å²) in [7, 11) is 0. The third-order valence-electron chi connectivity index (χ3n) is 10.4. The molecule has 4 nitrogen and oxygen atoms in total. The lowest BCUT2D eigenvalue weighted by atomic mass is 9.51. The van der Waals surface area contributed by atoms with E-state index in [4.69, 9.17) is 16.3 Å². The fraction of sp³-hybridized carbons (Fsp3) is 0.625. The van der Waals surface area contributed by atoms with Crippen LogP contribution in [0.5, 0.6) is 11.5 Å². The summed E-state index contributed by atoms with van der Waals surface area (Å²) < 4.78 is 6.13. The molecule has 1 aliphatic heterocycles. The number of likely N-dealkylation sites (tertiary alicyclic amines) is 1. The largest absolute Gasteiger partial charge is 0.506 e. The molecule has 3 fully saturated rings. The van der Waals surface area contributed by atoms with Crippen LogP contribution >= 0.6 is 11.6 Å². The van der Waals surface area contributed by atoms with E-state index in [0.717, 1.165) is 63.0 Å². The van der Waals surface area contributed by atoms with E-state index in [1.165, 1.54) is 43.5 Å². The van der Waals surface area contributed by atoms with Crippen molar-refractivity contribution in [2.75, 3.05) is 26.2 Å². The molecular formula is C32H42ClNO3. The number of aliphatic hydroxyl groups is 1. The highest BCUT2D eigenvalue weighted by molar-refractivity contribution is 6.32. The zero-order valence-corrected chi connectivity index (χ0v) is 22.9. The fourth-order valence-corrected chi connectivity index (χ4v) is 8.78. The highest BCUT2D eigenvalue weighted by Gasteiger charge is 2.57. The van der Waals surface area contributed by atoms with Crippen molar-refractivity contribution in [2.24, 2.45) is 17.3 Å². The Morgan fingerprint density at radius 2 is 1.81 bits per heavy atom. The number of rotatable bonds is 6. The molecule has 2 saturated carbocycles. The highest BCUT2D eigenvalue weighted by atomic mass is 35.5. The Kier molecular flexibility index (Phi) is 7.20. The van der Waals surface area contributed by atoms with Crippen LogP contribution in [-0.4, -0.2) is 47.5 Å². The molecule has 6 atom stereocenters. The smallest absolute Gasteiger partial charge is 0.134 e. The average Bonchev–Trinajstić information content (AvgIpc) is 3.23. The SMILES string of the molecule is C[C@]12C[C@H](c3ccc(OCCCN4CCCCC4)cc3)[C@@H]3c4ccc(O)c(Cl)c4CC[C@H]3[C@@H]1CC[C@@H]2O. The van der Waals surface area contributed by atoms with Crippen LogP contribution < -0.4 is 4.74 Å².